The van der Waals surface area contributed by atoms with Crippen molar-refractivity contribution >= 4 is 29.2 Å². The Morgan fingerprint density at radius 3 is 2.81 bits per heavy atom. The third kappa shape index (κ3) is 7.15. The Morgan fingerprint density at radius 1 is 1.29 bits per heavy atom. The van der Waals surface area contributed by atoms with Crippen molar-refractivity contribution in [3.05, 3.63) is 59.1 Å². The zero-order chi connectivity index (χ0) is 22.1. The molecule has 1 aliphatic heterocycles. The maximum Gasteiger partial charge on any atom is 0.253 e. The molecule has 1 atom stereocenters. The number of carbonyl (C=O) groups is 1. The predicted octanol–water partition coefficient (Wildman–Crippen LogP) is 3.54. The van der Waals surface area contributed by atoms with Crippen molar-refractivity contribution in [3.8, 4) is 5.75 Å². The molecule has 2 aromatic rings. The minimum atomic E-state index is -0.343. The van der Waals surface area contributed by atoms with E-state index in [1.165, 1.54) is 0 Å². The molecule has 31 heavy (non-hydrogen) atoms. The first-order valence-electron chi connectivity index (χ1n) is 10.4. The Bertz CT molecular complexity index is 883. The summed E-state index contributed by atoms with van der Waals surface area (Å²) >= 11 is 5.89. The van der Waals surface area contributed by atoms with Gasteiger partial charge < -0.3 is 25.0 Å². The number of aliphatic imine (C=N–C) groups is 1. The van der Waals surface area contributed by atoms with E-state index in [1.807, 2.05) is 48.3 Å². The monoisotopic (exact) mass is 444 g/mol. The van der Waals surface area contributed by atoms with E-state index in [0.717, 1.165) is 35.8 Å². The maximum absolute atomic E-state index is 12.3. The number of nitrogens with one attached hydrogen (secondary N) is 2. The van der Waals surface area contributed by atoms with Gasteiger partial charge in [-0.3, -0.25) is 9.79 Å². The Hall–Kier alpha value is -2.77. The number of hydrogen-bond donors (Lipinski definition) is 2. The molecule has 3 rings (SSSR count). The molecule has 166 valence electrons. The second-order valence-electron chi connectivity index (χ2n) is 7.32. The molecule has 0 spiro atoms. The lowest BCUT2D eigenvalue weighted by molar-refractivity contribution is -0.124. The Morgan fingerprint density at radius 2 is 2.10 bits per heavy atom. The van der Waals surface area contributed by atoms with E-state index in [0.29, 0.717) is 31.3 Å². The highest BCUT2D eigenvalue weighted by Crippen LogP contribution is 2.17. The van der Waals surface area contributed by atoms with Crippen molar-refractivity contribution in [1.82, 2.24) is 10.2 Å². The minimum absolute atomic E-state index is 0.0844. The average molecular weight is 445 g/mol. The van der Waals surface area contributed by atoms with E-state index >= 15 is 0 Å². The number of benzene rings is 2. The van der Waals surface area contributed by atoms with Gasteiger partial charge in [0.2, 0.25) is 0 Å². The normalized spacial score (nSPS) is 16.1. The first-order chi connectivity index (χ1) is 15.0. The van der Waals surface area contributed by atoms with Crippen LogP contribution in [0.25, 0.3) is 0 Å². The summed E-state index contributed by atoms with van der Waals surface area (Å²) in [5, 5.41) is 6.97. The Balaban J connectivity index is 1.45. The second kappa shape index (κ2) is 11.6. The van der Waals surface area contributed by atoms with Crippen LogP contribution in [0.2, 0.25) is 5.02 Å². The van der Waals surface area contributed by atoms with E-state index in [2.05, 4.69) is 15.6 Å². The third-order valence-electron chi connectivity index (χ3n) is 4.95. The van der Waals surface area contributed by atoms with Gasteiger partial charge in [-0.1, -0.05) is 23.7 Å². The molecule has 7 nitrogen and oxygen atoms in total. The van der Waals surface area contributed by atoms with E-state index < -0.39 is 0 Å². The largest absolute Gasteiger partial charge is 0.492 e. The van der Waals surface area contributed by atoms with Crippen LogP contribution in [0.5, 0.6) is 5.75 Å². The highest BCUT2D eigenvalue weighted by Gasteiger charge is 2.23. The van der Waals surface area contributed by atoms with Gasteiger partial charge in [-0.15, -0.1) is 0 Å². The number of amides is 1. The fourth-order valence-corrected chi connectivity index (χ4v) is 3.40. The molecule has 8 heteroatoms. The van der Waals surface area contributed by atoms with Gasteiger partial charge in [0.1, 0.15) is 18.5 Å². The fourth-order valence-electron chi connectivity index (χ4n) is 3.27. The van der Waals surface area contributed by atoms with Crippen LogP contribution in [-0.2, 0) is 16.1 Å². The summed E-state index contributed by atoms with van der Waals surface area (Å²) in [5.41, 5.74) is 1.80. The number of ether oxygens (including phenoxy) is 2. The molecule has 2 aromatic carbocycles. The smallest absolute Gasteiger partial charge is 0.253 e. The predicted molar refractivity (Wildman–Crippen MR) is 124 cm³/mol. The van der Waals surface area contributed by atoms with E-state index in [9.17, 15) is 4.79 Å². The standard InChI is InChI=1S/C23H29ClN4O3/c1-25-23(28(2)12-14-30-20-10-8-18(24)9-11-20)26-16-17-5-3-6-19(15-17)27-22(29)21-7-4-13-31-21/h3,5-6,8-11,15,21H,4,7,12-14,16H2,1-2H3,(H,25,26)(H,27,29). The molecule has 1 unspecified atom stereocenters. The highest BCUT2D eigenvalue weighted by molar-refractivity contribution is 6.30. The summed E-state index contributed by atoms with van der Waals surface area (Å²) in [6.45, 7) is 2.42. The molecule has 0 bridgehead atoms. The third-order valence-corrected chi connectivity index (χ3v) is 5.20. The number of nitrogens with zero attached hydrogens (tertiary/aromatic N) is 2. The van der Waals surface area contributed by atoms with Gasteiger partial charge in [-0.2, -0.15) is 0 Å². The first kappa shape index (κ1) is 22.9. The van der Waals surface area contributed by atoms with E-state index in [1.54, 1.807) is 19.2 Å². The summed E-state index contributed by atoms with van der Waals surface area (Å²) in [6.07, 6.45) is 1.36. The number of guanidine groups is 1. The van der Waals surface area contributed by atoms with Gasteiger partial charge in [-0.05, 0) is 54.8 Å². The maximum atomic E-state index is 12.3. The number of hydrogen-bond acceptors (Lipinski definition) is 4. The van der Waals surface area contributed by atoms with Crippen LogP contribution < -0.4 is 15.4 Å². The molecule has 1 amide bonds. The minimum Gasteiger partial charge on any atom is -0.492 e. The fraction of sp³-hybridized carbons (Fsp3) is 0.391. The van der Waals surface area contributed by atoms with Gasteiger partial charge in [0.25, 0.3) is 5.91 Å². The molecule has 0 aromatic heterocycles. The van der Waals surface area contributed by atoms with Crippen molar-refractivity contribution < 1.29 is 14.3 Å². The van der Waals surface area contributed by atoms with Crippen LogP contribution >= 0.6 is 11.6 Å². The van der Waals surface area contributed by atoms with Gasteiger partial charge in [0.15, 0.2) is 5.96 Å². The molecule has 1 aliphatic rings. The molecule has 0 aliphatic carbocycles. The SMILES string of the molecule is CN=C(NCc1cccc(NC(=O)C2CCCO2)c1)N(C)CCOc1ccc(Cl)cc1. The number of rotatable bonds is 8. The average Bonchev–Trinajstić information content (AvgIpc) is 3.31. The van der Waals surface area contributed by atoms with Crippen molar-refractivity contribution in [3.63, 3.8) is 0 Å². The first-order valence-corrected chi connectivity index (χ1v) is 10.7. The molecule has 0 radical (unpaired) electrons. The summed E-state index contributed by atoms with van der Waals surface area (Å²) in [6, 6.07) is 15.1. The van der Waals surface area contributed by atoms with Crippen LogP contribution in [-0.4, -0.2) is 56.7 Å². The van der Waals surface area contributed by atoms with E-state index in [-0.39, 0.29) is 12.0 Å². The van der Waals surface area contributed by atoms with Crippen LogP contribution in [0, 0.1) is 0 Å². The number of anilines is 1. The van der Waals surface area contributed by atoms with Crippen molar-refractivity contribution in [2.75, 3.05) is 39.2 Å². The van der Waals surface area contributed by atoms with Gasteiger partial charge >= 0.3 is 0 Å². The highest BCUT2D eigenvalue weighted by atomic mass is 35.5. The lowest BCUT2D eigenvalue weighted by Crippen LogP contribution is -2.40. The van der Waals surface area contributed by atoms with Crippen molar-refractivity contribution in [1.29, 1.82) is 0 Å². The summed E-state index contributed by atoms with van der Waals surface area (Å²) < 4.78 is 11.2. The van der Waals surface area contributed by atoms with Gasteiger partial charge in [-0.25, -0.2) is 0 Å². The summed E-state index contributed by atoms with van der Waals surface area (Å²) in [7, 11) is 3.70. The van der Waals surface area contributed by atoms with Gasteiger partial charge in [0, 0.05) is 38.0 Å². The summed E-state index contributed by atoms with van der Waals surface area (Å²) in [4.78, 5) is 18.6. The quantitative estimate of drug-likeness (QED) is 0.481. The molecule has 0 saturated carbocycles. The van der Waals surface area contributed by atoms with Crippen molar-refractivity contribution in [2.45, 2.75) is 25.5 Å². The van der Waals surface area contributed by atoms with Crippen LogP contribution in [0.1, 0.15) is 18.4 Å². The number of likely N-dealkylation sites (N-methyl/N-ethyl adjacent to an activating group) is 1. The van der Waals surface area contributed by atoms with E-state index in [4.69, 9.17) is 21.1 Å². The summed E-state index contributed by atoms with van der Waals surface area (Å²) in [5.74, 6) is 1.45. The molecule has 2 N–H and O–H groups in total. The van der Waals surface area contributed by atoms with Crippen LogP contribution in [0.3, 0.4) is 0 Å². The molecular formula is C23H29ClN4O3. The van der Waals surface area contributed by atoms with Crippen LogP contribution in [0.15, 0.2) is 53.5 Å². The Labute approximate surface area is 188 Å². The molecular weight excluding hydrogens is 416 g/mol. The molecule has 1 saturated heterocycles. The second-order valence-corrected chi connectivity index (χ2v) is 7.75. The van der Waals surface area contributed by atoms with Crippen LogP contribution in [0.4, 0.5) is 5.69 Å². The zero-order valence-electron chi connectivity index (χ0n) is 17.9. The van der Waals surface area contributed by atoms with Gasteiger partial charge in [0.05, 0.1) is 6.54 Å². The van der Waals surface area contributed by atoms with Crippen molar-refractivity contribution in [2.24, 2.45) is 4.99 Å². The molecule has 1 fully saturated rings. The number of carbonyl (C=O) groups excluding carboxylic acids is 1. The Kier molecular flexibility index (Phi) is 8.55. The lowest BCUT2D eigenvalue weighted by Gasteiger charge is -2.22. The lowest BCUT2D eigenvalue weighted by atomic mass is 10.2. The zero-order valence-corrected chi connectivity index (χ0v) is 18.7. The topological polar surface area (TPSA) is 75.2 Å². The number of halogens is 1. The molecule has 1 heterocycles.